The van der Waals surface area contributed by atoms with Gasteiger partial charge in [-0.3, -0.25) is 9.59 Å². The minimum Gasteiger partial charge on any atom is -0.348 e. The lowest BCUT2D eigenvalue weighted by molar-refractivity contribution is -0.143. The number of hydrogen-bond acceptors (Lipinski definition) is 3. The smallest absolute Gasteiger partial charge is 0.348 e. The second-order valence-electron chi connectivity index (χ2n) is 8.74. The molecule has 1 atom stereocenters. The summed E-state index contributed by atoms with van der Waals surface area (Å²) in [5.41, 5.74) is -4.29. The van der Waals surface area contributed by atoms with Crippen LogP contribution >= 0.6 is 0 Å². The van der Waals surface area contributed by atoms with Gasteiger partial charge in [0.15, 0.2) is 0 Å². The normalized spacial score (nSPS) is 16.9. The summed E-state index contributed by atoms with van der Waals surface area (Å²) in [6, 6.07) is 5.20. The second kappa shape index (κ2) is 10.9. The zero-order valence-corrected chi connectivity index (χ0v) is 19.6. The summed E-state index contributed by atoms with van der Waals surface area (Å²) in [6.07, 6.45) is -7.22. The highest BCUT2D eigenvalue weighted by atomic mass is 19.4. The number of carbonyl (C=O) groups excluding carboxylic acids is 2. The molecule has 1 heterocycles. The van der Waals surface area contributed by atoms with E-state index in [1.165, 1.54) is 37.3 Å². The average Bonchev–Trinajstić information content (AvgIpc) is 2.83. The molecule has 0 bridgehead atoms. The van der Waals surface area contributed by atoms with E-state index in [2.05, 4.69) is 16.0 Å². The maximum Gasteiger partial charge on any atom is 0.416 e. The van der Waals surface area contributed by atoms with Crippen LogP contribution in [0.1, 0.15) is 48.1 Å². The first-order valence-corrected chi connectivity index (χ1v) is 11.3. The van der Waals surface area contributed by atoms with E-state index >= 15 is 0 Å². The Morgan fingerprint density at radius 1 is 0.946 bits per heavy atom. The Morgan fingerprint density at radius 3 is 2.00 bits per heavy atom. The Hall–Kier alpha value is -3.41. The van der Waals surface area contributed by atoms with Crippen LogP contribution in [-0.4, -0.2) is 30.4 Å². The van der Waals surface area contributed by atoms with Gasteiger partial charge in [0.05, 0.1) is 17.2 Å². The summed E-state index contributed by atoms with van der Waals surface area (Å²) >= 11 is 0. The number of rotatable bonds is 6. The van der Waals surface area contributed by atoms with Crippen LogP contribution in [0, 0.1) is 5.82 Å². The van der Waals surface area contributed by atoms with Crippen LogP contribution in [0.2, 0.25) is 0 Å². The van der Waals surface area contributed by atoms with E-state index in [-0.39, 0.29) is 24.5 Å². The van der Waals surface area contributed by atoms with Crippen molar-refractivity contribution in [1.29, 1.82) is 0 Å². The summed E-state index contributed by atoms with van der Waals surface area (Å²) in [6.45, 7) is 1.94. The molecule has 0 radical (unpaired) electrons. The van der Waals surface area contributed by atoms with Crippen LogP contribution in [0.3, 0.4) is 0 Å². The van der Waals surface area contributed by atoms with E-state index in [4.69, 9.17) is 0 Å². The quantitative estimate of drug-likeness (QED) is 0.363. The molecule has 1 saturated heterocycles. The molecule has 2 aromatic rings. The number of nitrogens with one attached hydrogen (secondary N) is 3. The minimum absolute atomic E-state index is 0.0139. The maximum absolute atomic E-state index is 13.3. The van der Waals surface area contributed by atoms with Crippen molar-refractivity contribution in [2.24, 2.45) is 0 Å². The molecule has 3 N–H and O–H groups in total. The molecule has 0 aromatic heterocycles. The summed E-state index contributed by atoms with van der Waals surface area (Å²) in [5.74, 6) is -1.84. The molecule has 3 rings (SSSR count). The third kappa shape index (κ3) is 7.31. The molecule has 1 aliphatic rings. The van der Waals surface area contributed by atoms with Crippen molar-refractivity contribution in [3.8, 4) is 0 Å². The Kier molecular flexibility index (Phi) is 8.31. The van der Waals surface area contributed by atoms with Gasteiger partial charge in [0.1, 0.15) is 11.4 Å². The fourth-order valence-corrected chi connectivity index (χ4v) is 3.93. The highest BCUT2D eigenvalue weighted by Gasteiger charge is 2.42. The first-order valence-electron chi connectivity index (χ1n) is 11.3. The van der Waals surface area contributed by atoms with Crippen molar-refractivity contribution in [2.75, 3.05) is 13.1 Å². The molecule has 0 aliphatic carbocycles. The van der Waals surface area contributed by atoms with Crippen LogP contribution < -0.4 is 16.0 Å². The molecular formula is C25H24F7N3O2. The standard InChI is InChI=1S/C25H24F7N3O2/c1-15(17-12-18(24(27,28)29)14-19(13-17)25(30,31)32)34-22(37)23(8-10-33-11-9-23)35-21(36)7-4-16-2-5-20(26)6-3-16/h2-7,12-15,33H,8-11H2,1H3,(H,34,37)(H,35,36)/b7-4+/t15-/m1/s1. The number of hydrogen-bond donors (Lipinski definition) is 3. The lowest BCUT2D eigenvalue weighted by Crippen LogP contribution is -2.62. The molecule has 5 nitrogen and oxygen atoms in total. The number of halogens is 7. The average molecular weight is 531 g/mol. The summed E-state index contributed by atoms with van der Waals surface area (Å²) in [5, 5.41) is 8.13. The van der Waals surface area contributed by atoms with Crippen molar-refractivity contribution in [3.05, 3.63) is 76.6 Å². The van der Waals surface area contributed by atoms with Crippen LogP contribution in [0.4, 0.5) is 30.7 Å². The number of carbonyl (C=O) groups is 2. The highest BCUT2D eigenvalue weighted by Crippen LogP contribution is 2.37. The number of alkyl halides is 6. The molecular weight excluding hydrogens is 507 g/mol. The molecule has 12 heteroatoms. The van der Waals surface area contributed by atoms with E-state index in [0.29, 0.717) is 30.8 Å². The number of benzene rings is 2. The fraction of sp³-hybridized carbons (Fsp3) is 0.360. The number of piperidine rings is 1. The fourth-order valence-electron chi connectivity index (χ4n) is 3.93. The van der Waals surface area contributed by atoms with Crippen LogP contribution in [-0.2, 0) is 21.9 Å². The molecule has 2 amide bonds. The lowest BCUT2D eigenvalue weighted by atomic mass is 9.86. The molecule has 0 saturated carbocycles. The van der Waals surface area contributed by atoms with Crippen molar-refractivity contribution in [2.45, 2.75) is 43.7 Å². The van der Waals surface area contributed by atoms with Gasteiger partial charge in [-0.2, -0.15) is 26.3 Å². The molecule has 200 valence electrons. The van der Waals surface area contributed by atoms with Gasteiger partial charge < -0.3 is 16.0 Å². The first-order chi connectivity index (χ1) is 17.2. The Balaban J connectivity index is 1.82. The van der Waals surface area contributed by atoms with E-state index in [9.17, 15) is 40.3 Å². The predicted octanol–water partition coefficient (Wildman–Crippen LogP) is 4.99. The third-order valence-electron chi connectivity index (χ3n) is 6.01. The highest BCUT2D eigenvalue weighted by molar-refractivity contribution is 5.97. The molecule has 1 fully saturated rings. The predicted molar refractivity (Wildman–Crippen MR) is 121 cm³/mol. The van der Waals surface area contributed by atoms with Gasteiger partial charge >= 0.3 is 12.4 Å². The second-order valence-corrected chi connectivity index (χ2v) is 8.74. The van der Waals surface area contributed by atoms with E-state index in [1.54, 1.807) is 0 Å². The maximum atomic E-state index is 13.3. The van der Waals surface area contributed by atoms with Gasteiger partial charge in [-0.25, -0.2) is 4.39 Å². The van der Waals surface area contributed by atoms with Gasteiger partial charge in [-0.15, -0.1) is 0 Å². The summed E-state index contributed by atoms with van der Waals surface area (Å²) < 4.78 is 92.5. The van der Waals surface area contributed by atoms with Gasteiger partial charge in [0.2, 0.25) is 11.8 Å². The minimum atomic E-state index is -5.03. The first kappa shape index (κ1) is 28.2. The van der Waals surface area contributed by atoms with Gasteiger partial charge in [0.25, 0.3) is 0 Å². The van der Waals surface area contributed by atoms with Crippen LogP contribution in [0.15, 0.2) is 48.5 Å². The molecule has 0 spiro atoms. The number of amides is 2. The monoisotopic (exact) mass is 531 g/mol. The Morgan fingerprint density at radius 2 is 1.49 bits per heavy atom. The van der Waals surface area contributed by atoms with E-state index < -0.39 is 52.7 Å². The molecule has 2 aromatic carbocycles. The SMILES string of the molecule is C[C@@H](NC(=O)C1(NC(=O)/C=C/c2ccc(F)cc2)CCNCC1)c1cc(C(F)(F)F)cc(C(F)(F)F)c1. The Labute approximate surface area is 208 Å². The van der Waals surface area contributed by atoms with Gasteiger partial charge in [0, 0.05) is 6.08 Å². The third-order valence-corrected chi connectivity index (χ3v) is 6.01. The largest absolute Gasteiger partial charge is 0.416 e. The van der Waals surface area contributed by atoms with Crippen molar-refractivity contribution < 1.29 is 40.3 Å². The van der Waals surface area contributed by atoms with Crippen molar-refractivity contribution in [3.63, 3.8) is 0 Å². The zero-order valence-electron chi connectivity index (χ0n) is 19.6. The van der Waals surface area contributed by atoms with Gasteiger partial charge in [-0.1, -0.05) is 12.1 Å². The topological polar surface area (TPSA) is 70.2 Å². The van der Waals surface area contributed by atoms with E-state index in [0.717, 1.165) is 6.08 Å². The molecule has 0 unspecified atom stereocenters. The summed E-state index contributed by atoms with van der Waals surface area (Å²) in [4.78, 5) is 25.9. The van der Waals surface area contributed by atoms with E-state index in [1.807, 2.05) is 0 Å². The van der Waals surface area contributed by atoms with Gasteiger partial charge in [-0.05, 0) is 80.4 Å². The van der Waals surface area contributed by atoms with Crippen LogP contribution in [0.25, 0.3) is 6.08 Å². The van der Waals surface area contributed by atoms with Crippen molar-refractivity contribution >= 4 is 17.9 Å². The van der Waals surface area contributed by atoms with Crippen molar-refractivity contribution in [1.82, 2.24) is 16.0 Å². The van der Waals surface area contributed by atoms with Crippen LogP contribution in [0.5, 0.6) is 0 Å². The molecule has 37 heavy (non-hydrogen) atoms. The Bertz CT molecular complexity index is 1120. The lowest BCUT2D eigenvalue weighted by Gasteiger charge is -2.37. The zero-order chi connectivity index (χ0) is 27.4. The summed E-state index contributed by atoms with van der Waals surface area (Å²) in [7, 11) is 0. The molecule has 1 aliphatic heterocycles.